The number of anilines is 2. The maximum absolute atomic E-state index is 4.70. The van der Waals surface area contributed by atoms with Crippen molar-refractivity contribution in [3.63, 3.8) is 0 Å². The minimum absolute atomic E-state index is 0.407. The number of hydrogen-bond acceptors (Lipinski definition) is 4. The molecule has 2 aromatic rings. The van der Waals surface area contributed by atoms with E-state index in [0.717, 1.165) is 23.8 Å². The first kappa shape index (κ1) is 13.6. The van der Waals surface area contributed by atoms with Crippen molar-refractivity contribution in [3.05, 3.63) is 18.6 Å². The zero-order valence-corrected chi connectivity index (χ0v) is 12.4. The molecule has 0 aliphatic rings. The molecule has 0 amide bonds. The Labute approximate surface area is 114 Å². The average molecular weight is 261 g/mol. The van der Waals surface area contributed by atoms with Crippen molar-refractivity contribution < 1.29 is 0 Å². The van der Waals surface area contributed by atoms with Gasteiger partial charge in [0.25, 0.3) is 0 Å². The number of hydrogen-bond donors (Lipinski definition) is 1. The monoisotopic (exact) mass is 261 g/mol. The van der Waals surface area contributed by atoms with Crippen LogP contribution in [0.15, 0.2) is 18.6 Å². The summed E-state index contributed by atoms with van der Waals surface area (Å²) in [6, 6.07) is 0.407. The Hall–Kier alpha value is -1.78. The summed E-state index contributed by atoms with van der Waals surface area (Å²) in [7, 11) is 2.08. The fourth-order valence-electron chi connectivity index (χ4n) is 2.06. The third kappa shape index (κ3) is 2.64. The molecule has 1 atom stereocenters. The van der Waals surface area contributed by atoms with E-state index < -0.39 is 0 Å². The number of nitrogens with one attached hydrogen (secondary N) is 1. The number of nitrogens with zero attached hydrogens (tertiary/aromatic N) is 4. The van der Waals surface area contributed by atoms with Crippen molar-refractivity contribution in [2.24, 2.45) is 5.92 Å². The second-order valence-electron chi connectivity index (χ2n) is 5.23. The SMILES string of the molecule is CCNc1cn2ccnc2c(N(C)C(C)C(C)C)n1. The molecular weight excluding hydrogens is 238 g/mol. The quantitative estimate of drug-likeness (QED) is 0.898. The Balaban J connectivity index is 2.47. The summed E-state index contributed by atoms with van der Waals surface area (Å²) in [5.74, 6) is 2.36. The van der Waals surface area contributed by atoms with Crippen LogP contribution in [0.4, 0.5) is 11.6 Å². The second kappa shape index (κ2) is 5.47. The number of imidazole rings is 1. The highest BCUT2D eigenvalue weighted by atomic mass is 15.2. The standard InChI is InChI=1S/C14H23N5/c1-6-15-12-9-19-8-7-16-13(19)14(17-12)18(5)11(4)10(2)3/h7-11,15H,6H2,1-5H3. The van der Waals surface area contributed by atoms with E-state index in [0.29, 0.717) is 12.0 Å². The van der Waals surface area contributed by atoms with Crippen LogP contribution in [0.5, 0.6) is 0 Å². The molecule has 0 aliphatic heterocycles. The van der Waals surface area contributed by atoms with E-state index in [9.17, 15) is 0 Å². The fraction of sp³-hybridized carbons (Fsp3) is 0.571. The highest BCUT2D eigenvalue weighted by Gasteiger charge is 2.18. The van der Waals surface area contributed by atoms with E-state index in [4.69, 9.17) is 4.98 Å². The summed E-state index contributed by atoms with van der Waals surface area (Å²) in [6.45, 7) is 9.58. The molecule has 0 aliphatic carbocycles. The minimum Gasteiger partial charge on any atom is -0.369 e. The molecule has 1 N–H and O–H groups in total. The Morgan fingerprint density at radius 1 is 1.37 bits per heavy atom. The molecule has 19 heavy (non-hydrogen) atoms. The highest BCUT2D eigenvalue weighted by molar-refractivity contribution is 5.66. The number of rotatable bonds is 5. The molecule has 0 spiro atoms. The van der Waals surface area contributed by atoms with E-state index in [-0.39, 0.29) is 0 Å². The molecule has 0 radical (unpaired) electrons. The normalized spacial score (nSPS) is 12.9. The van der Waals surface area contributed by atoms with Gasteiger partial charge in [0.2, 0.25) is 0 Å². The maximum atomic E-state index is 4.70. The molecule has 5 heteroatoms. The summed E-state index contributed by atoms with van der Waals surface area (Å²) in [5.41, 5.74) is 0.900. The second-order valence-corrected chi connectivity index (χ2v) is 5.23. The molecule has 0 saturated carbocycles. The lowest BCUT2D eigenvalue weighted by Crippen LogP contribution is -2.34. The topological polar surface area (TPSA) is 45.5 Å². The lowest BCUT2D eigenvalue weighted by molar-refractivity contribution is 0.503. The van der Waals surface area contributed by atoms with Gasteiger partial charge in [0.15, 0.2) is 11.5 Å². The summed E-state index contributed by atoms with van der Waals surface area (Å²) in [6.07, 6.45) is 5.74. The smallest absolute Gasteiger partial charge is 0.180 e. The molecule has 5 nitrogen and oxygen atoms in total. The third-order valence-electron chi connectivity index (χ3n) is 3.62. The van der Waals surface area contributed by atoms with Crippen LogP contribution < -0.4 is 10.2 Å². The predicted molar refractivity (Wildman–Crippen MR) is 79.9 cm³/mol. The van der Waals surface area contributed by atoms with E-state index in [1.165, 1.54) is 0 Å². The van der Waals surface area contributed by atoms with E-state index in [2.05, 4.69) is 49.9 Å². The van der Waals surface area contributed by atoms with E-state index in [1.807, 2.05) is 23.0 Å². The minimum atomic E-state index is 0.407. The van der Waals surface area contributed by atoms with Crippen molar-refractivity contribution in [3.8, 4) is 0 Å². The number of fused-ring (bicyclic) bond motifs is 1. The molecule has 2 aromatic heterocycles. The zero-order chi connectivity index (χ0) is 14.0. The van der Waals surface area contributed by atoms with Crippen LogP contribution >= 0.6 is 0 Å². The van der Waals surface area contributed by atoms with Gasteiger partial charge in [0.1, 0.15) is 5.82 Å². The summed E-state index contributed by atoms with van der Waals surface area (Å²) in [5, 5.41) is 3.27. The molecule has 2 rings (SSSR count). The Morgan fingerprint density at radius 3 is 2.74 bits per heavy atom. The first-order valence-electron chi connectivity index (χ1n) is 6.85. The molecule has 2 heterocycles. The summed E-state index contributed by atoms with van der Waals surface area (Å²) in [4.78, 5) is 11.3. The Bertz CT molecular complexity index is 546. The third-order valence-corrected chi connectivity index (χ3v) is 3.62. The van der Waals surface area contributed by atoms with Gasteiger partial charge in [-0.2, -0.15) is 0 Å². The molecule has 0 aromatic carbocycles. The van der Waals surface area contributed by atoms with Gasteiger partial charge in [-0.1, -0.05) is 13.8 Å². The van der Waals surface area contributed by atoms with Crippen LogP contribution in [0.25, 0.3) is 5.65 Å². The Kier molecular flexibility index (Phi) is 3.93. The van der Waals surface area contributed by atoms with E-state index in [1.54, 1.807) is 0 Å². The predicted octanol–water partition coefficient (Wildman–Crippen LogP) is 2.64. The van der Waals surface area contributed by atoms with Crippen LogP contribution in [0.2, 0.25) is 0 Å². The first-order chi connectivity index (χ1) is 9.04. The molecule has 104 valence electrons. The van der Waals surface area contributed by atoms with Crippen molar-refractivity contribution in [1.29, 1.82) is 0 Å². The molecule has 0 fully saturated rings. The van der Waals surface area contributed by atoms with E-state index >= 15 is 0 Å². The molecule has 0 bridgehead atoms. The van der Waals surface area contributed by atoms with Gasteiger partial charge >= 0.3 is 0 Å². The highest BCUT2D eigenvalue weighted by Crippen LogP contribution is 2.23. The van der Waals surface area contributed by atoms with Gasteiger partial charge in [0, 0.05) is 32.0 Å². The van der Waals surface area contributed by atoms with Gasteiger partial charge in [-0.15, -0.1) is 0 Å². The fourth-order valence-corrected chi connectivity index (χ4v) is 2.06. The maximum Gasteiger partial charge on any atom is 0.180 e. The van der Waals surface area contributed by atoms with Crippen molar-refractivity contribution in [2.45, 2.75) is 33.7 Å². The van der Waals surface area contributed by atoms with Crippen molar-refractivity contribution in [1.82, 2.24) is 14.4 Å². The summed E-state index contributed by atoms with van der Waals surface area (Å²) < 4.78 is 2.02. The number of aromatic nitrogens is 3. The van der Waals surface area contributed by atoms with Crippen LogP contribution in [0.1, 0.15) is 27.7 Å². The largest absolute Gasteiger partial charge is 0.369 e. The lowest BCUT2D eigenvalue weighted by atomic mass is 10.1. The first-order valence-corrected chi connectivity index (χ1v) is 6.85. The van der Waals surface area contributed by atoms with Gasteiger partial charge < -0.3 is 14.6 Å². The Morgan fingerprint density at radius 2 is 2.11 bits per heavy atom. The van der Waals surface area contributed by atoms with Crippen LogP contribution in [-0.4, -0.2) is 34.0 Å². The average Bonchev–Trinajstić information content (AvgIpc) is 2.84. The van der Waals surface area contributed by atoms with Gasteiger partial charge in [0.05, 0.1) is 6.20 Å². The van der Waals surface area contributed by atoms with Crippen LogP contribution in [0, 0.1) is 5.92 Å². The lowest BCUT2D eigenvalue weighted by Gasteiger charge is -2.29. The van der Waals surface area contributed by atoms with Crippen LogP contribution in [-0.2, 0) is 0 Å². The van der Waals surface area contributed by atoms with Crippen LogP contribution in [0.3, 0.4) is 0 Å². The van der Waals surface area contributed by atoms with Gasteiger partial charge in [-0.25, -0.2) is 9.97 Å². The zero-order valence-electron chi connectivity index (χ0n) is 12.4. The molecule has 1 unspecified atom stereocenters. The van der Waals surface area contributed by atoms with Gasteiger partial charge in [-0.05, 0) is 19.8 Å². The van der Waals surface area contributed by atoms with Gasteiger partial charge in [-0.3, -0.25) is 0 Å². The molecule has 0 saturated heterocycles. The molecular formula is C14H23N5. The summed E-state index contributed by atoms with van der Waals surface area (Å²) >= 11 is 0. The van der Waals surface area contributed by atoms with Crippen molar-refractivity contribution in [2.75, 3.05) is 23.8 Å². The van der Waals surface area contributed by atoms with Crippen molar-refractivity contribution >= 4 is 17.3 Å².